The lowest BCUT2D eigenvalue weighted by Crippen LogP contribution is -2.14. The van der Waals surface area contributed by atoms with Gasteiger partial charge in [0.25, 0.3) is 0 Å². The Morgan fingerprint density at radius 1 is 1.00 bits per heavy atom. The first kappa shape index (κ1) is 15.3. The number of aldehydes is 1. The van der Waals surface area contributed by atoms with E-state index < -0.39 is 0 Å². The quantitative estimate of drug-likeness (QED) is 0.764. The molecule has 0 unspecified atom stereocenters. The Morgan fingerprint density at radius 2 is 1.71 bits per heavy atom. The molecule has 0 aromatic heterocycles. The van der Waals surface area contributed by atoms with Crippen molar-refractivity contribution in [3.63, 3.8) is 0 Å². The standard InChI is InChI=1S/C19H22O2/c1-19(2,3)17-13-15(11-12-20)9-10-18(17)21-14-16-7-5-4-6-8-16/h4-10,12-13H,11,14H2,1-3H3. The first-order valence-corrected chi connectivity index (χ1v) is 7.24. The summed E-state index contributed by atoms with van der Waals surface area (Å²) in [5.41, 5.74) is 3.29. The molecule has 0 atom stereocenters. The average molecular weight is 282 g/mol. The van der Waals surface area contributed by atoms with Gasteiger partial charge in [0.15, 0.2) is 0 Å². The highest BCUT2D eigenvalue weighted by Crippen LogP contribution is 2.32. The smallest absolute Gasteiger partial charge is 0.124 e. The maximum Gasteiger partial charge on any atom is 0.124 e. The molecule has 0 radical (unpaired) electrons. The summed E-state index contributed by atoms with van der Waals surface area (Å²) < 4.78 is 5.99. The number of carbonyl (C=O) groups excluding carboxylic acids is 1. The zero-order chi connectivity index (χ0) is 15.3. The van der Waals surface area contributed by atoms with Gasteiger partial charge in [0, 0.05) is 6.42 Å². The number of hydrogen-bond acceptors (Lipinski definition) is 2. The monoisotopic (exact) mass is 282 g/mol. The fourth-order valence-electron chi connectivity index (χ4n) is 2.25. The molecule has 110 valence electrons. The lowest BCUT2D eigenvalue weighted by molar-refractivity contribution is -0.107. The first-order valence-electron chi connectivity index (χ1n) is 7.24. The molecule has 2 rings (SSSR count). The summed E-state index contributed by atoms with van der Waals surface area (Å²) in [4.78, 5) is 10.7. The second kappa shape index (κ2) is 6.57. The fourth-order valence-corrected chi connectivity index (χ4v) is 2.25. The third-order valence-corrected chi connectivity index (χ3v) is 3.41. The molecule has 0 saturated heterocycles. The Balaban J connectivity index is 2.23. The van der Waals surface area contributed by atoms with Gasteiger partial charge in [-0.2, -0.15) is 0 Å². The van der Waals surface area contributed by atoms with Gasteiger partial charge in [-0.1, -0.05) is 63.2 Å². The number of benzene rings is 2. The minimum atomic E-state index is -0.0229. The lowest BCUT2D eigenvalue weighted by Gasteiger charge is -2.23. The van der Waals surface area contributed by atoms with Crippen molar-refractivity contribution in [2.45, 2.75) is 39.2 Å². The summed E-state index contributed by atoms with van der Waals surface area (Å²) in [6.07, 6.45) is 1.38. The van der Waals surface area contributed by atoms with Crippen molar-refractivity contribution in [3.05, 3.63) is 65.2 Å². The Labute approximate surface area is 126 Å². The van der Waals surface area contributed by atoms with Crippen LogP contribution in [0.25, 0.3) is 0 Å². The van der Waals surface area contributed by atoms with Gasteiger partial charge in [-0.15, -0.1) is 0 Å². The lowest BCUT2D eigenvalue weighted by atomic mass is 9.85. The van der Waals surface area contributed by atoms with E-state index in [-0.39, 0.29) is 5.41 Å². The topological polar surface area (TPSA) is 26.3 Å². The molecular formula is C19H22O2. The maximum atomic E-state index is 10.7. The predicted octanol–water partition coefficient (Wildman–Crippen LogP) is 4.30. The van der Waals surface area contributed by atoms with Crippen LogP contribution in [-0.4, -0.2) is 6.29 Å². The van der Waals surface area contributed by atoms with Crippen LogP contribution in [0, 0.1) is 0 Å². The van der Waals surface area contributed by atoms with E-state index in [2.05, 4.69) is 39.0 Å². The fraction of sp³-hybridized carbons (Fsp3) is 0.316. The van der Waals surface area contributed by atoms with Crippen LogP contribution in [0.15, 0.2) is 48.5 Å². The number of rotatable bonds is 5. The Kier molecular flexibility index (Phi) is 4.79. The molecule has 2 aromatic carbocycles. The second-order valence-corrected chi connectivity index (χ2v) is 6.23. The summed E-state index contributed by atoms with van der Waals surface area (Å²) in [5.74, 6) is 0.890. The van der Waals surface area contributed by atoms with Crippen LogP contribution in [0.3, 0.4) is 0 Å². The molecule has 0 amide bonds. The van der Waals surface area contributed by atoms with E-state index in [1.54, 1.807) is 0 Å². The zero-order valence-electron chi connectivity index (χ0n) is 12.9. The predicted molar refractivity (Wildman–Crippen MR) is 85.7 cm³/mol. The summed E-state index contributed by atoms with van der Waals surface area (Å²) >= 11 is 0. The molecule has 21 heavy (non-hydrogen) atoms. The third-order valence-electron chi connectivity index (χ3n) is 3.41. The van der Waals surface area contributed by atoms with Crippen LogP contribution in [-0.2, 0) is 23.2 Å². The number of hydrogen-bond donors (Lipinski definition) is 0. The minimum absolute atomic E-state index is 0.0229. The molecule has 0 spiro atoms. The Hall–Kier alpha value is -2.09. The molecule has 0 N–H and O–H groups in total. The van der Waals surface area contributed by atoms with Gasteiger partial charge in [0.2, 0.25) is 0 Å². The SMILES string of the molecule is CC(C)(C)c1cc(CC=O)ccc1OCc1ccccc1. The van der Waals surface area contributed by atoms with E-state index >= 15 is 0 Å². The van der Waals surface area contributed by atoms with E-state index in [0.717, 1.165) is 28.7 Å². The van der Waals surface area contributed by atoms with Gasteiger partial charge in [-0.3, -0.25) is 0 Å². The van der Waals surface area contributed by atoms with Crippen molar-refractivity contribution in [1.29, 1.82) is 0 Å². The van der Waals surface area contributed by atoms with Crippen molar-refractivity contribution in [3.8, 4) is 5.75 Å². The van der Waals surface area contributed by atoms with E-state index in [0.29, 0.717) is 13.0 Å². The van der Waals surface area contributed by atoms with Crippen LogP contribution < -0.4 is 4.74 Å². The maximum absolute atomic E-state index is 10.7. The third kappa shape index (κ3) is 4.19. The molecular weight excluding hydrogens is 260 g/mol. The molecule has 2 aromatic rings. The van der Waals surface area contributed by atoms with Gasteiger partial charge in [-0.25, -0.2) is 0 Å². The van der Waals surface area contributed by atoms with E-state index in [9.17, 15) is 4.79 Å². The van der Waals surface area contributed by atoms with Crippen LogP contribution in [0.4, 0.5) is 0 Å². The summed E-state index contributed by atoms with van der Waals surface area (Å²) in [6.45, 7) is 7.02. The van der Waals surface area contributed by atoms with Crippen molar-refractivity contribution in [2.75, 3.05) is 0 Å². The molecule has 0 aliphatic rings. The van der Waals surface area contributed by atoms with Gasteiger partial charge < -0.3 is 9.53 Å². The van der Waals surface area contributed by atoms with E-state index in [4.69, 9.17) is 4.74 Å². The van der Waals surface area contributed by atoms with Crippen molar-refractivity contribution in [2.24, 2.45) is 0 Å². The van der Waals surface area contributed by atoms with Crippen LogP contribution in [0.5, 0.6) is 5.75 Å². The van der Waals surface area contributed by atoms with Gasteiger partial charge in [0.1, 0.15) is 18.6 Å². The van der Waals surface area contributed by atoms with Gasteiger partial charge >= 0.3 is 0 Å². The van der Waals surface area contributed by atoms with Crippen molar-refractivity contribution >= 4 is 6.29 Å². The molecule has 2 nitrogen and oxygen atoms in total. The normalized spacial score (nSPS) is 11.2. The summed E-state index contributed by atoms with van der Waals surface area (Å²) in [7, 11) is 0. The highest BCUT2D eigenvalue weighted by atomic mass is 16.5. The van der Waals surface area contributed by atoms with Crippen LogP contribution >= 0.6 is 0 Å². The molecule has 2 heteroatoms. The van der Waals surface area contributed by atoms with Crippen LogP contribution in [0.2, 0.25) is 0 Å². The minimum Gasteiger partial charge on any atom is -0.489 e. The second-order valence-electron chi connectivity index (χ2n) is 6.23. The zero-order valence-corrected chi connectivity index (χ0v) is 12.9. The molecule has 0 bridgehead atoms. The van der Waals surface area contributed by atoms with Crippen molar-refractivity contribution < 1.29 is 9.53 Å². The Morgan fingerprint density at radius 3 is 2.33 bits per heavy atom. The largest absolute Gasteiger partial charge is 0.489 e. The van der Waals surface area contributed by atoms with E-state index in [1.807, 2.05) is 30.3 Å². The van der Waals surface area contributed by atoms with Gasteiger partial charge in [0.05, 0.1) is 0 Å². The molecule has 0 heterocycles. The molecule has 0 aliphatic heterocycles. The number of ether oxygens (including phenoxy) is 1. The van der Waals surface area contributed by atoms with Gasteiger partial charge in [-0.05, 0) is 28.2 Å². The Bertz CT molecular complexity index is 595. The summed E-state index contributed by atoms with van der Waals surface area (Å²) in [6, 6.07) is 16.1. The summed E-state index contributed by atoms with van der Waals surface area (Å²) in [5, 5.41) is 0. The van der Waals surface area contributed by atoms with Crippen molar-refractivity contribution in [1.82, 2.24) is 0 Å². The first-order chi connectivity index (χ1) is 10.0. The molecule has 0 saturated carbocycles. The van der Waals surface area contributed by atoms with Crippen LogP contribution in [0.1, 0.15) is 37.5 Å². The number of carbonyl (C=O) groups is 1. The molecule has 0 fully saturated rings. The average Bonchev–Trinajstić information content (AvgIpc) is 2.46. The molecule has 0 aliphatic carbocycles. The van der Waals surface area contributed by atoms with E-state index in [1.165, 1.54) is 0 Å². The highest BCUT2D eigenvalue weighted by molar-refractivity contribution is 5.56. The highest BCUT2D eigenvalue weighted by Gasteiger charge is 2.19.